The molecular weight excluding hydrogens is 316 g/mol. The van der Waals surface area contributed by atoms with Crippen molar-refractivity contribution in [3.63, 3.8) is 0 Å². The van der Waals surface area contributed by atoms with Crippen molar-refractivity contribution >= 4 is 17.1 Å². The summed E-state index contributed by atoms with van der Waals surface area (Å²) >= 11 is 0. The first-order valence-corrected chi connectivity index (χ1v) is 10.1. The minimum absolute atomic E-state index is 0.197. The zero-order valence-corrected chi connectivity index (χ0v) is 17.3. The van der Waals surface area contributed by atoms with E-state index in [0.29, 0.717) is 0 Å². The van der Waals surface area contributed by atoms with Crippen LogP contribution in [0.5, 0.6) is 0 Å². The maximum Gasteiger partial charge on any atom is 0.0693 e. The molecule has 0 bridgehead atoms. The number of nitrogens with zero attached hydrogens (tertiary/aromatic N) is 1. The van der Waals surface area contributed by atoms with Crippen LogP contribution in [0.3, 0.4) is 0 Å². The molecule has 0 heterocycles. The molecule has 2 heteroatoms. The number of benzene rings is 2. The van der Waals surface area contributed by atoms with Gasteiger partial charge in [0.05, 0.1) is 11.7 Å². The summed E-state index contributed by atoms with van der Waals surface area (Å²) in [6.45, 7) is 13.2. The summed E-state index contributed by atoms with van der Waals surface area (Å²) in [7, 11) is 0. The van der Waals surface area contributed by atoms with E-state index in [-0.39, 0.29) is 6.04 Å². The molecule has 0 aliphatic carbocycles. The molecule has 0 fully saturated rings. The van der Waals surface area contributed by atoms with Gasteiger partial charge in [-0.25, -0.2) is 0 Å². The summed E-state index contributed by atoms with van der Waals surface area (Å²) in [5, 5.41) is 3.75. The van der Waals surface area contributed by atoms with Gasteiger partial charge in [0.1, 0.15) is 0 Å². The smallest absolute Gasteiger partial charge is 0.0693 e. The lowest BCUT2D eigenvalue weighted by molar-refractivity contribution is 0.994. The van der Waals surface area contributed by atoms with Crippen molar-refractivity contribution < 1.29 is 0 Å². The fraction of sp³-hybridized carbons (Fsp3) is 0.458. The van der Waals surface area contributed by atoms with Crippen LogP contribution in [0.15, 0.2) is 41.4 Å². The highest BCUT2D eigenvalue weighted by atomic mass is 14.9. The largest absolute Gasteiger partial charge is 0.377 e. The molecule has 1 atom stereocenters. The van der Waals surface area contributed by atoms with Crippen LogP contribution < -0.4 is 5.32 Å². The zero-order valence-electron chi connectivity index (χ0n) is 17.3. The second-order valence-corrected chi connectivity index (χ2v) is 6.91. The highest BCUT2D eigenvalue weighted by Crippen LogP contribution is 2.27. The van der Waals surface area contributed by atoms with Crippen LogP contribution in [-0.4, -0.2) is 11.8 Å². The molecule has 2 nitrogen and oxygen atoms in total. The van der Waals surface area contributed by atoms with Gasteiger partial charge in [-0.05, 0) is 61.8 Å². The van der Waals surface area contributed by atoms with Crippen LogP contribution in [0, 0.1) is 0 Å². The Morgan fingerprint density at radius 1 is 0.808 bits per heavy atom. The van der Waals surface area contributed by atoms with E-state index in [1.165, 1.54) is 33.6 Å². The number of nitrogens with one attached hydrogen (secondary N) is 1. The van der Waals surface area contributed by atoms with Crippen molar-refractivity contribution in [3.05, 3.63) is 58.7 Å². The van der Waals surface area contributed by atoms with Crippen molar-refractivity contribution in [3.8, 4) is 0 Å². The van der Waals surface area contributed by atoms with E-state index >= 15 is 0 Å². The number of hydrogen-bond donors (Lipinski definition) is 1. The highest BCUT2D eigenvalue weighted by Gasteiger charge is 2.13. The Balaban J connectivity index is 2.34. The lowest BCUT2D eigenvalue weighted by Gasteiger charge is -2.21. The summed E-state index contributed by atoms with van der Waals surface area (Å²) < 4.78 is 0. The average molecular weight is 351 g/mol. The molecule has 1 unspecified atom stereocenters. The summed E-state index contributed by atoms with van der Waals surface area (Å²) in [6, 6.07) is 13.4. The molecule has 2 aromatic carbocycles. The number of aryl methyl sites for hydroxylation is 4. The number of para-hydroxylation sites is 2. The zero-order chi connectivity index (χ0) is 19.1. The maximum absolute atomic E-state index is 5.06. The topological polar surface area (TPSA) is 24.4 Å². The third-order valence-corrected chi connectivity index (χ3v) is 5.24. The highest BCUT2D eigenvalue weighted by molar-refractivity contribution is 5.92. The molecule has 26 heavy (non-hydrogen) atoms. The van der Waals surface area contributed by atoms with Crippen molar-refractivity contribution in [1.82, 2.24) is 0 Å². The SMILES string of the molecule is CCc1cccc(CC)c1N=C(C)C(C)Nc1c(CC)cccc1CC. The summed E-state index contributed by atoms with van der Waals surface area (Å²) in [6.07, 6.45) is 4.11. The van der Waals surface area contributed by atoms with Gasteiger partial charge in [-0.1, -0.05) is 64.1 Å². The van der Waals surface area contributed by atoms with Crippen LogP contribution in [-0.2, 0) is 25.7 Å². The van der Waals surface area contributed by atoms with E-state index in [1.807, 2.05) is 0 Å². The molecule has 2 rings (SSSR count). The van der Waals surface area contributed by atoms with Crippen LogP contribution >= 0.6 is 0 Å². The second kappa shape index (κ2) is 9.56. The van der Waals surface area contributed by atoms with E-state index in [1.54, 1.807) is 0 Å². The van der Waals surface area contributed by atoms with E-state index in [4.69, 9.17) is 4.99 Å². The van der Waals surface area contributed by atoms with Crippen LogP contribution in [0.4, 0.5) is 11.4 Å². The van der Waals surface area contributed by atoms with Gasteiger partial charge >= 0.3 is 0 Å². The molecule has 1 N–H and O–H groups in total. The normalized spacial score (nSPS) is 12.9. The maximum atomic E-state index is 5.06. The number of anilines is 1. The van der Waals surface area contributed by atoms with Crippen molar-refractivity contribution in [2.45, 2.75) is 73.3 Å². The van der Waals surface area contributed by atoms with E-state index < -0.39 is 0 Å². The Morgan fingerprint density at radius 2 is 1.23 bits per heavy atom. The van der Waals surface area contributed by atoms with Gasteiger partial charge in [0.2, 0.25) is 0 Å². The summed E-state index contributed by atoms with van der Waals surface area (Å²) in [5.74, 6) is 0. The molecule has 0 aliphatic heterocycles. The van der Waals surface area contributed by atoms with E-state index in [9.17, 15) is 0 Å². The predicted octanol–water partition coefficient (Wildman–Crippen LogP) is 6.53. The van der Waals surface area contributed by atoms with Crippen LogP contribution in [0.1, 0.15) is 63.8 Å². The number of aliphatic imine (C=N–C) groups is 1. The third-order valence-electron chi connectivity index (χ3n) is 5.24. The second-order valence-electron chi connectivity index (χ2n) is 6.91. The number of rotatable bonds is 8. The van der Waals surface area contributed by atoms with Crippen molar-refractivity contribution in [1.29, 1.82) is 0 Å². The summed E-state index contributed by atoms with van der Waals surface area (Å²) in [5.41, 5.74) is 9.02. The summed E-state index contributed by atoms with van der Waals surface area (Å²) in [4.78, 5) is 5.06. The van der Waals surface area contributed by atoms with Crippen molar-refractivity contribution in [2.75, 3.05) is 5.32 Å². The third kappa shape index (κ3) is 4.55. The van der Waals surface area contributed by atoms with Crippen LogP contribution in [0.25, 0.3) is 0 Å². The van der Waals surface area contributed by atoms with Gasteiger partial charge < -0.3 is 5.32 Å². The Morgan fingerprint density at radius 3 is 1.65 bits per heavy atom. The van der Waals surface area contributed by atoms with E-state index in [2.05, 4.69) is 83.3 Å². The first kappa shape index (κ1) is 20.2. The lowest BCUT2D eigenvalue weighted by Crippen LogP contribution is -2.25. The Hall–Kier alpha value is -2.09. The molecule has 0 saturated carbocycles. The molecule has 0 aliphatic rings. The Kier molecular flexibility index (Phi) is 7.44. The van der Waals surface area contributed by atoms with E-state index in [0.717, 1.165) is 31.4 Å². The van der Waals surface area contributed by atoms with Gasteiger partial charge in [0, 0.05) is 11.4 Å². The Bertz CT molecular complexity index is 714. The van der Waals surface area contributed by atoms with Gasteiger partial charge in [0.15, 0.2) is 0 Å². The quantitative estimate of drug-likeness (QED) is 0.538. The first-order chi connectivity index (χ1) is 12.5. The van der Waals surface area contributed by atoms with Gasteiger partial charge in [-0.2, -0.15) is 0 Å². The number of hydrogen-bond acceptors (Lipinski definition) is 2. The average Bonchev–Trinajstić information content (AvgIpc) is 2.67. The van der Waals surface area contributed by atoms with Gasteiger partial charge in [-0.3, -0.25) is 4.99 Å². The lowest BCUT2D eigenvalue weighted by atomic mass is 10.0. The molecule has 0 radical (unpaired) electrons. The van der Waals surface area contributed by atoms with Crippen LogP contribution in [0.2, 0.25) is 0 Å². The van der Waals surface area contributed by atoms with Crippen molar-refractivity contribution in [2.24, 2.45) is 4.99 Å². The van der Waals surface area contributed by atoms with Gasteiger partial charge in [0.25, 0.3) is 0 Å². The van der Waals surface area contributed by atoms with Gasteiger partial charge in [-0.15, -0.1) is 0 Å². The Labute approximate surface area is 159 Å². The minimum atomic E-state index is 0.197. The molecule has 0 amide bonds. The monoisotopic (exact) mass is 350 g/mol. The molecule has 0 spiro atoms. The standard InChI is InChI=1S/C24H34N2/c1-7-19-13-11-14-20(8-2)23(19)25-17(5)18(6)26-24-21(9-3)15-12-16-22(24)10-4/h11-17,25H,7-10H2,1-6H3. The molecule has 0 saturated heterocycles. The fourth-order valence-electron chi connectivity index (χ4n) is 3.38. The first-order valence-electron chi connectivity index (χ1n) is 10.1. The molecular formula is C24H34N2. The minimum Gasteiger partial charge on any atom is -0.377 e. The molecule has 140 valence electrons. The molecule has 2 aromatic rings. The molecule has 0 aromatic heterocycles. The fourth-order valence-corrected chi connectivity index (χ4v) is 3.38. The predicted molar refractivity (Wildman–Crippen MR) is 116 cm³/mol.